The molecule has 0 bridgehead atoms. The Kier molecular flexibility index (Phi) is 5.41. The predicted octanol–water partition coefficient (Wildman–Crippen LogP) is 4.89. The Hall–Kier alpha value is -3.75. The second-order valence-corrected chi connectivity index (χ2v) is 6.84. The van der Waals surface area contributed by atoms with Crippen LogP contribution in [0.2, 0.25) is 0 Å². The fourth-order valence-electron chi connectivity index (χ4n) is 3.31. The molecule has 31 heavy (non-hydrogen) atoms. The van der Waals surface area contributed by atoms with Crippen molar-refractivity contribution >= 4 is 22.9 Å². The first kappa shape index (κ1) is 20.5. The van der Waals surface area contributed by atoms with E-state index in [4.69, 9.17) is 9.15 Å². The molecule has 2 heterocycles. The number of nitrogens with zero attached hydrogens (tertiary/aromatic N) is 2. The van der Waals surface area contributed by atoms with E-state index >= 15 is 0 Å². The number of halogens is 3. The highest BCUT2D eigenvalue weighted by atomic mass is 19.4. The lowest BCUT2D eigenvalue weighted by Crippen LogP contribution is -2.18. The molecule has 160 valence electrons. The zero-order valence-electron chi connectivity index (χ0n) is 16.4. The van der Waals surface area contributed by atoms with E-state index in [1.807, 2.05) is 0 Å². The lowest BCUT2D eigenvalue weighted by Gasteiger charge is -2.11. The number of furan rings is 1. The van der Waals surface area contributed by atoms with Gasteiger partial charge in [-0.15, -0.1) is 0 Å². The first-order valence-corrected chi connectivity index (χ1v) is 9.37. The number of rotatable bonds is 6. The highest BCUT2D eigenvalue weighted by Gasteiger charge is 2.31. The maximum Gasteiger partial charge on any atom is 0.416 e. The fraction of sp³-hybridized carbons (Fsp3) is 0.182. The van der Waals surface area contributed by atoms with Crippen LogP contribution in [0.25, 0.3) is 11.0 Å². The molecule has 0 atom stereocenters. The Morgan fingerprint density at radius 2 is 1.97 bits per heavy atom. The number of para-hydroxylation sites is 1. The summed E-state index contributed by atoms with van der Waals surface area (Å²) in [6.07, 6.45) is -2.98. The van der Waals surface area contributed by atoms with Gasteiger partial charge in [0.2, 0.25) is 11.9 Å². The molecule has 0 fully saturated rings. The zero-order chi connectivity index (χ0) is 22.0. The topological polar surface area (TPSA) is 69.3 Å². The number of nitrogens with one attached hydrogen (secondary N) is 1. The van der Waals surface area contributed by atoms with Crippen molar-refractivity contribution in [1.82, 2.24) is 9.55 Å². The van der Waals surface area contributed by atoms with Gasteiger partial charge < -0.3 is 13.7 Å². The Bertz CT molecular complexity index is 1210. The normalized spacial score (nSPS) is 11.6. The van der Waals surface area contributed by atoms with Gasteiger partial charge in [0, 0.05) is 5.56 Å². The summed E-state index contributed by atoms with van der Waals surface area (Å²) < 4.78 is 51.6. The molecular weight excluding hydrogens is 411 g/mol. The number of hydrogen-bond donors (Lipinski definition) is 1. The number of alkyl halides is 3. The van der Waals surface area contributed by atoms with Crippen molar-refractivity contribution in [3.8, 4) is 5.75 Å². The Balaban J connectivity index is 1.68. The van der Waals surface area contributed by atoms with Crippen molar-refractivity contribution in [2.45, 2.75) is 19.1 Å². The highest BCUT2D eigenvalue weighted by molar-refractivity contribution is 5.93. The third kappa shape index (κ3) is 4.40. The van der Waals surface area contributed by atoms with Gasteiger partial charge in [0.05, 0.1) is 42.9 Å². The van der Waals surface area contributed by atoms with Crippen LogP contribution in [0.1, 0.15) is 16.9 Å². The molecular formula is C22H18F3N3O3. The summed E-state index contributed by atoms with van der Waals surface area (Å²) in [5, 5.41) is 2.70. The largest absolute Gasteiger partial charge is 0.496 e. The summed E-state index contributed by atoms with van der Waals surface area (Å²) in [7, 11) is 1.51. The summed E-state index contributed by atoms with van der Waals surface area (Å²) in [5.41, 5.74) is 0.427. The van der Waals surface area contributed by atoms with E-state index in [1.54, 1.807) is 41.0 Å². The summed E-state index contributed by atoms with van der Waals surface area (Å²) in [6, 6.07) is 13.8. The maximum atomic E-state index is 13.1. The number of ether oxygens (including phenoxy) is 1. The Morgan fingerprint density at radius 1 is 1.16 bits per heavy atom. The molecule has 0 radical (unpaired) electrons. The number of benzene rings is 2. The van der Waals surface area contributed by atoms with Crippen molar-refractivity contribution < 1.29 is 27.1 Å². The SMILES string of the molecule is COc1ccccc1CC(=O)Nc1nc2cc(C(F)(F)F)ccc2n1Cc1ccco1. The minimum Gasteiger partial charge on any atom is -0.496 e. The molecule has 2 aromatic carbocycles. The van der Waals surface area contributed by atoms with E-state index in [9.17, 15) is 18.0 Å². The van der Waals surface area contributed by atoms with E-state index in [0.29, 0.717) is 22.6 Å². The van der Waals surface area contributed by atoms with Gasteiger partial charge in [0.25, 0.3) is 0 Å². The second-order valence-electron chi connectivity index (χ2n) is 6.84. The average molecular weight is 429 g/mol. The summed E-state index contributed by atoms with van der Waals surface area (Å²) >= 11 is 0. The van der Waals surface area contributed by atoms with Gasteiger partial charge in [-0.25, -0.2) is 4.98 Å². The van der Waals surface area contributed by atoms with Gasteiger partial charge in [-0.05, 0) is 36.4 Å². The van der Waals surface area contributed by atoms with Gasteiger partial charge in [-0.3, -0.25) is 10.1 Å². The molecule has 9 heteroatoms. The van der Waals surface area contributed by atoms with Crippen LogP contribution in [0.4, 0.5) is 19.1 Å². The quantitative estimate of drug-likeness (QED) is 0.474. The molecule has 0 spiro atoms. The molecule has 0 aliphatic rings. The average Bonchev–Trinajstić information content (AvgIpc) is 3.36. The van der Waals surface area contributed by atoms with Crippen molar-refractivity contribution in [1.29, 1.82) is 0 Å². The number of hydrogen-bond acceptors (Lipinski definition) is 4. The molecule has 6 nitrogen and oxygen atoms in total. The number of imidazole rings is 1. The van der Waals surface area contributed by atoms with Crippen LogP contribution in [0.15, 0.2) is 65.3 Å². The number of aromatic nitrogens is 2. The van der Waals surface area contributed by atoms with Crippen molar-refractivity contribution in [3.05, 3.63) is 77.7 Å². The Morgan fingerprint density at radius 3 is 2.68 bits per heavy atom. The molecule has 0 saturated carbocycles. The van der Waals surface area contributed by atoms with Crippen molar-refractivity contribution in [3.63, 3.8) is 0 Å². The van der Waals surface area contributed by atoms with Gasteiger partial charge in [-0.2, -0.15) is 13.2 Å². The first-order valence-electron chi connectivity index (χ1n) is 9.37. The van der Waals surface area contributed by atoms with E-state index in [0.717, 1.165) is 12.1 Å². The molecule has 1 amide bonds. The van der Waals surface area contributed by atoms with Crippen molar-refractivity contribution in [2.75, 3.05) is 12.4 Å². The van der Waals surface area contributed by atoms with Gasteiger partial charge in [0.1, 0.15) is 11.5 Å². The molecule has 2 aromatic heterocycles. The first-order chi connectivity index (χ1) is 14.8. The number of carbonyl (C=O) groups excluding carboxylic acids is 1. The van der Waals surface area contributed by atoms with Crippen LogP contribution >= 0.6 is 0 Å². The standard InChI is InChI=1S/C22H18F3N3O3/c1-30-19-7-3-2-5-14(19)11-20(29)27-21-26-17-12-15(22(23,24)25)8-9-18(17)28(21)13-16-6-4-10-31-16/h2-10,12H,11,13H2,1H3,(H,26,27,29). The molecule has 1 N–H and O–H groups in total. The van der Waals surface area contributed by atoms with Crippen LogP contribution < -0.4 is 10.1 Å². The lowest BCUT2D eigenvalue weighted by molar-refractivity contribution is -0.137. The second kappa shape index (κ2) is 8.17. The molecule has 0 aliphatic heterocycles. The van der Waals surface area contributed by atoms with Gasteiger partial charge in [-0.1, -0.05) is 18.2 Å². The molecule has 0 unspecified atom stereocenters. The number of methoxy groups -OCH3 is 1. The predicted molar refractivity (Wildman–Crippen MR) is 108 cm³/mol. The third-order valence-corrected chi connectivity index (χ3v) is 4.76. The number of fused-ring (bicyclic) bond motifs is 1. The van der Waals surface area contributed by atoms with Crippen molar-refractivity contribution in [2.24, 2.45) is 0 Å². The van der Waals surface area contributed by atoms with Crippen LogP contribution in [-0.4, -0.2) is 22.6 Å². The zero-order valence-corrected chi connectivity index (χ0v) is 16.4. The molecule has 4 rings (SSSR count). The van der Waals surface area contributed by atoms with E-state index in [-0.39, 0.29) is 30.3 Å². The minimum atomic E-state index is -4.49. The smallest absolute Gasteiger partial charge is 0.416 e. The van der Waals surface area contributed by atoms with Gasteiger partial charge in [0.15, 0.2) is 0 Å². The fourth-order valence-corrected chi connectivity index (χ4v) is 3.31. The number of amides is 1. The molecule has 0 saturated heterocycles. The number of carbonyl (C=O) groups is 1. The van der Waals surface area contributed by atoms with Crippen LogP contribution in [0.5, 0.6) is 5.75 Å². The monoisotopic (exact) mass is 429 g/mol. The summed E-state index contributed by atoms with van der Waals surface area (Å²) in [5.74, 6) is 0.887. The summed E-state index contributed by atoms with van der Waals surface area (Å²) in [6.45, 7) is 0.194. The van der Waals surface area contributed by atoms with Gasteiger partial charge >= 0.3 is 6.18 Å². The summed E-state index contributed by atoms with van der Waals surface area (Å²) in [4.78, 5) is 16.9. The highest BCUT2D eigenvalue weighted by Crippen LogP contribution is 2.32. The molecule has 0 aliphatic carbocycles. The molecule has 4 aromatic rings. The third-order valence-electron chi connectivity index (χ3n) is 4.76. The minimum absolute atomic E-state index is 0.0156. The maximum absolute atomic E-state index is 13.1. The number of anilines is 1. The van der Waals surface area contributed by atoms with E-state index in [1.165, 1.54) is 19.4 Å². The van der Waals surface area contributed by atoms with Crippen LogP contribution in [0, 0.1) is 0 Å². The lowest BCUT2D eigenvalue weighted by atomic mass is 10.1. The van der Waals surface area contributed by atoms with E-state index in [2.05, 4.69) is 10.3 Å². The van der Waals surface area contributed by atoms with E-state index < -0.39 is 11.7 Å². The van der Waals surface area contributed by atoms with Crippen LogP contribution in [0.3, 0.4) is 0 Å². The van der Waals surface area contributed by atoms with Crippen LogP contribution in [-0.2, 0) is 23.9 Å². The Labute approximate surface area is 175 Å².